The van der Waals surface area contributed by atoms with Crippen LogP contribution in [0.1, 0.15) is 85.0 Å². The Balaban J connectivity index is 3.14. The van der Waals surface area contributed by atoms with Crippen molar-refractivity contribution >= 4 is 5.97 Å². The summed E-state index contributed by atoms with van der Waals surface area (Å²) >= 11 is 0. The summed E-state index contributed by atoms with van der Waals surface area (Å²) in [6.45, 7) is 5.64. The fraction of sp³-hybridized carbons (Fsp3) is 0.824. The topological polar surface area (TPSA) is 26.3 Å². The van der Waals surface area contributed by atoms with Crippen molar-refractivity contribution in [2.24, 2.45) is 0 Å². The minimum absolute atomic E-state index is 0.0860. The number of hydrogen-bond donors (Lipinski definition) is 0. The molecule has 0 N–H and O–H groups in total. The molecular formula is C17H32O2. The largest absolute Gasteiger partial charge is 0.463 e. The summed E-state index contributed by atoms with van der Waals surface area (Å²) in [4.78, 5) is 10.7. The third-order valence-corrected chi connectivity index (χ3v) is 3.25. The van der Waals surface area contributed by atoms with Crippen molar-refractivity contribution in [2.75, 3.05) is 0 Å². The molecule has 0 aliphatic heterocycles. The average molecular weight is 268 g/mol. The number of unbranched alkanes of at least 4 members (excludes halogenated alkanes) is 7. The molecule has 0 saturated heterocycles. The molecule has 0 aromatic carbocycles. The summed E-state index contributed by atoms with van der Waals surface area (Å²) in [5.74, 6) is -0.162. The van der Waals surface area contributed by atoms with E-state index < -0.39 is 0 Å². The van der Waals surface area contributed by atoms with Gasteiger partial charge in [0.2, 0.25) is 0 Å². The lowest BCUT2D eigenvalue weighted by Crippen LogP contribution is -2.11. The maximum absolute atomic E-state index is 10.7. The molecule has 19 heavy (non-hydrogen) atoms. The van der Waals surface area contributed by atoms with Crippen LogP contribution in [0.5, 0.6) is 0 Å². The van der Waals surface area contributed by atoms with E-state index in [1.54, 1.807) is 0 Å². The summed E-state index contributed by atoms with van der Waals surface area (Å²) in [5, 5.41) is 0. The molecule has 0 amide bonds. The van der Waals surface area contributed by atoms with Crippen LogP contribution in [0.2, 0.25) is 0 Å². The molecule has 1 unspecified atom stereocenters. The molecule has 0 fully saturated rings. The predicted molar refractivity (Wildman–Crippen MR) is 82.2 cm³/mol. The van der Waals surface area contributed by atoms with Gasteiger partial charge in [-0.05, 0) is 39.0 Å². The average Bonchev–Trinajstić information content (AvgIpc) is 2.35. The quantitative estimate of drug-likeness (QED) is 0.268. The van der Waals surface area contributed by atoms with Gasteiger partial charge >= 0.3 is 5.97 Å². The standard InChI is InChI=1S/C17H32O2/c1-4-5-6-7-8-9-10-11-12-13-14-15-16(2)19-17(3)18/h5-6,16H,4,7-15H2,1-3H3. The van der Waals surface area contributed by atoms with Gasteiger partial charge in [-0.3, -0.25) is 4.79 Å². The second kappa shape index (κ2) is 13.6. The highest BCUT2D eigenvalue weighted by molar-refractivity contribution is 5.66. The van der Waals surface area contributed by atoms with Crippen molar-refractivity contribution in [3.63, 3.8) is 0 Å². The van der Waals surface area contributed by atoms with Crippen LogP contribution in [0.3, 0.4) is 0 Å². The van der Waals surface area contributed by atoms with Gasteiger partial charge in [0.1, 0.15) is 0 Å². The summed E-state index contributed by atoms with van der Waals surface area (Å²) in [7, 11) is 0. The van der Waals surface area contributed by atoms with Crippen molar-refractivity contribution in [1.29, 1.82) is 0 Å². The maximum atomic E-state index is 10.7. The van der Waals surface area contributed by atoms with Crippen molar-refractivity contribution in [2.45, 2.75) is 91.1 Å². The first-order valence-corrected chi connectivity index (χ1v) is 7.99. The first-order chi connectivity index (χ1) is 9.16. The van der Waals surface area contributed by atoms with Crippen LogP contribution < -0.4 is 0 Å². The molecule has 2 heteroatoms. The van der Waals surface area contributed by atoms with E-state index >= 15 is 0 Å². The van der Waals surface area contributed by atoms with Crippen LogP contribution in [0.25, 0.3) is 0 Å². The molecule has 0 rings (SSSR count). The molecule has 0 radical (unpaired) electrons. The highest BCUT2D eigenvalue weighted by atomic mass is 16.5. The zero-order chi connectivity index (χ0) is 14.3. The van der Waals surface area contributed by atoms with Gasteiger partial charge in [-0.1, -0.05) is 51.2 Å². The fourth-order valence-corrected chi connectivity index (χ4v) is 2.20. The predicted octanol–water partition coefficient (Wildman–Crippen LogP) is 5.42. The van der Waals surface area contributed by atoms with Crippen molar-refractivity contribution in [3.8, 4) is 0 Å². The second-order valence-electron chi connectivity index (χ2n) is 5.35. The van der Waals surface area contributed by atoms with E-state index in [4.69, 9.17) is 4.74 Å². The van der Waals surface area contributed by atoms with Gasteiger partial charge in [-0.2, -0.15) is 0 Å². The molecule has 0 aliphatic carbocycles. The Morgan fingerprint density at radius 3 is 2.16 bits per heavy atom. The van der Waals surface area contributed by atoms with Gasteiger partial charge in [0.15, 0.2) is 0 Å². The van der Waals surface area contributed by atoms with Crippen molar-refractivity contribution < 1.29 is 9.53 Å². The maximum Gasteiger partial charge on any atom is 0.302 e. The minimum Gasteiger partial charge on any atom is -0.463 e. The van der Waals surface area contributed by atoms with Gasteiger partial charge in [0, 0.05) is 6.92 Å². The van der Waals surface area contributed by atoms with Crippen LogP contribution in [-0.4, -0.2) is 12.1 Å². The second-order valence-corrected chi connectivity index (χ2v) is 5.35. The molecule has 0 aromatic heterocycles. The smallest absolute Gasteiger partial charge is 0.302 e. The number of ether oxygens (including phenoxy) is 1. The molecule has 2 nitrogen and oxygen atoms in total. The van der Waals surface area contributed by atoms with E-state index in [0.717, 1.165) is 12.8 Å². The Morgan fingerprint density at radius 2 is 1.58 bits per heavy atom. The van der Waals surface area contributed by atoms with Gasteiger partial charge in [0.25, 0.3) is 0 Å². The number of esters is 1. The van der Waals surface area contributed by atoms with Crippen molar-refractivity contribution in [1.82, 2.24) is 0 Å². The monoisotopic (exact) mass is 268 g/mol. The molecular weight excluding hydrogens is 236 g/mol. The van der Waals surface area contributed by atoms with Gasteiger partial charge < -0.3 is 4.74 Å². The lowest BCUT2D eigenvalue weighted by atomic mass is 10.1. The van der Waals surface area contributed by atoms with E-state index in [1.807, 2.05) is 6.92 Å². The Kier molecular flexibility index (Phi) is 13.1. The normalized spacial score (nSPS) is 12.8. The van der Waals surface area contributed by atoms with E-state index in [1.165, 1.54) is 58.3 Å². The molecule has 0 aromatic rings. The number of allylic oxidation sites excluding steroid dienone is 2. The fourth-order valence-electron chi connectivity index (χ4n) is 2.20. The molecule has 0 bridgehead atoms. The number of carbonyl (C=O) groups is 1. The van der Waals surface area contributed by atoms with Crippen LogP contribution in [-0.2, 0) is 9.53 Å². The number of carbonyl (C=O) groups excluding carboxylic acids is 1. The van der Waals surface area contributed by atoms with Crippen LogP contribution in [0.4, 0.5) is 0 Å². The van der Waals surface area contributed by atoms with Gasteiger partial charge in [0.05, 0.1) is 6.10 Å². The summed E-state index contributed by atoms with van der Waals surface area (Å²) in [5.41, 5.74) is 0. The van der Waals surface area contributed by atoms with Gasteiger partial charge in [-0.25, -0.2) is 0 Å². The molecule has 1 atom stereocenters. The Hall–Kier alpha value is -0.790. The molecule has 112 valence electrons. The molecule has 0 heterocycles. The molecule has 0 saturated carbocycles. The summed E-state index contributed by atoms with van der Waals surface area (Å²) in [6, 6.07) is 0. The first kappa shape index (κ1) is 18.2. The third kappa shape index (κ3) is 15.2. The lowest BCUT2D eigenvalue weighted by molar-refractivity contribution is -0.145. The van der Waals surface area contributed by atoms with E-state index in [-0.39, 0.29) is 12.1 Å². The van der Waals surface area contributed by atoms with Crippen LogP contribution in [0.15, 0.2) is 12.2 Å². The number of rotatable bonds is 12. The zero-order valence-electron chi connectivity index (χ0n) is 13.1. The zero-order valence-corrected chi connectivity index (χ0v) is 13.1. The molecule has 0 aliphatic rings. The Morgan fingerprint density at radius 1 is 1.00 bits per heavy atom. The van der Waals surface area contributed by atoms with Crippen LogP contribution >= 0.6 is 0 Å². The summed E-state index contributed by atoms with van der Waals surface area (Å²) < 4.78 is 5.10. The summed E-state index contributed by atoms with van der Waals surface area (Å²) in [6.07, 6.45) is 17.2. The number of hydrogen-bond acceptors (Lipinski definition) is 2. The van der Waals surface area contributed by atoms with E-state index in [0.29, 0.717) is 0 Å². The highest BCUT2D eigenvalue weighted by Crippen LogP contribution is 2.12. The molecule has 0 spiro atoms. The van der Waals surface area contributed by atoms with E-state index in [2.05, 4.69) is 19.1 Å². The third-order valence-electron chi connectivity index (χ3n) is 3.25. The Bertz CT molecular complexity index is 233. The lowest BCUT2D eigenvalue weighted by Gasteiger charge is -2.11. The SMILES string of the molecule is CCC=CCCCCCCCCCC(C)OC(C)=O. The van der Waals surface area contributed by atoms with Crippen molar-refractivity contribution in [3.05, 3.63) is 12.2 Å². The van der Waals surface area contributed by atoms with Crippen LogP contribution in [0, 0.1) is 0 Å². The first-order valence-electron chi connectivity index (χ1n) is 7.99. The minimum atomic E-state index is -0.162. The highest BCUT2D eigenvalue weighted by Gasteiger charge is 2.04. The van der Waals surface area contributed by atoms with E-state index in [9.17, 15) is 4.79 Å². The van der Waals surface area contributed by atoms with Gasteiger partial charge in [-0.15, -0.1) is 0 Å². The Labute approximate surface area is 119 Å².